The second kappa shape index (κ2) is 4.90. The van der Waals surface area contributed by atoms with Crippen LogP contribution in [0, 0.1) is 0 Å². The highest BCUT2D eigenvalue weighted by Crippen LogP contribution is 2.28. The lowest BCUT2D eigenvalue weighted by atomic mass is 9.77. The van der Waals surface area contributed by atoms with E-state index in [4.69, 9.17) is 22.9 Å². The zero-order valence-corrected chi connectivity index (χ0v) is 11.1. The van der Waals surface area contributed by atoms with E-state index in [-0.39, 0.29) is 12.1 Å². The number of rotatable bonds is 4. The summed E-state index contributed by atoms with van der Waals surface area (Å²) in [6, 6.07) is 0.0814. The molecule has 1 aliphatic rings. The molecule has 0 aromatic heterocycles. The van der Waals surface area contributed by atoms with Gasteiger partial charge >= 0.3 is 0 Å². The Morgan fingerprint density at radius 1 is 1.12 bits per heavy atom. The molecule has 8 N–H and O–H groups in total. The molecule has 0 fully saturated rings. The molecule has 1 aliphatic carbocycles. The minimum Gasteiger partial charge on any atom is -0.328 e. The molecule has 17 heavy (non-hydrogen) atoms. The van der Waals surface area contributed by atoms with Crippen LogP contribution >= 0.6 is 0 Å². The first-order valence-corrected chi connectivity index (χ1v) is 6.16. The Labute approximate surface area is 104 Å². The predicted molar refractivity (Wildman–Crippen MR) is 73.3 cm³/mol. The quantitative estimate of drug-likeness (QED) is 0.531. The Morgan fingerprint density at radius 3 is 2.24 bits per heavy atom. The van der Waals surface area contributed by atoms with Gasteiger partial charge in [-0.25, -0.2) is 0 Å². The first-order chi connectivity index (χ1) is 7.64. The molecule has 0 spiro atoms. The Morgan fingerprint density at radius 2 is 1.71 bits per heavy atom. The lowest BCUT2D eigenvalue weighted by molar-refractivity contribution is 0.510. The van der Waals surface area contributed by atoms with Crippen LogP contribution in [0.2, 0.25) is 0 Å². The van der Waals surface area contributed by atoms with Gasteiger partial charge in [0.15, 0.2) is 0 Å². The van der Waals surface area contributed by atoms with Crippen LogP contribution in [-0.2, 0) is 0 Å². The molecule has 4 unspecified atom stereocenters. The summed E-state index contributed by atoms with van der Waals surface area (Å²) in [5, 5.41) is 0. The third-order valence-corrected chi connectivity index (χ3v) is 3.21. The lowest BCUT2D eigenvalue weighted by Gasteiger charge is -2.36. The maximum atomic E-state index is 6.23. The zero-order chi connectivity index (χ0) is 13.3. The largest absolute Gasteiger partial charge is 0.328 e. The summed E-state index contributed by atoms with van der Waals surface area (Å²) in [6.07, 6.45) is 7.57. The van der Waals surface area contributed by atoms with E-state index in [1.807, 2.05) is 39.0 Å². The molecule has 4 nitrogen and oxygen atoms in total. The van der Waals surface area contributed by atoms with Crippen LogP contribution < -0.4 is 22.9 Å². The molecule has 0 saturated carbocycles. The second-order valence-electron chi connectivity index (χ2n) is 5.74. The van der Waals surface area contributed by atoms with Crippen LogP contribution in [0.1, 0.15) is 33.6 Å². The first kappa shape index (κ1) is 14.4. The zero-order valence-electron chi connectivity index (χ0n) is 11.1. The van der Waals surface area contributed by atoms with Crippen LogP contribution in [0.4, 0.5) is 0 Å². The maximum Gasteiger partial charge on any atom is 0.0542 e. The molecular formula is C13H26N4. The summed E-state index contributed by atoms with van der Waals surface area (Å²) >= 11 is 0. The molecule has 0 aromatic carbocycles. The van der Waals surface area contributed by atoms with Gasteiger partial charge in [-0.15, -0.1) is 0 Å². The fraction of sp³-hybridized carbons (Fsp3) is 0.692. The molecule has 4 heteroatoms. The predicted octanol–water partition coefficient (Wildman–Crippen LogP) is 0.372. The Balaban J connectivity index is 2.82. The van der Waals surface area contributed by atoms with E-state index >= 15 is 0 Å². The molecule has 0 heterocycles. The fourth-order valence-electron chi connectivity index (χ4n) is 2.09. The Bertz CT molecular complexity index is 326. The normalized spacial score (nSPS) is 36.5. The van der Waals surface area contributed by atoms with Gasteiger partial charge in [-0.2, -0.15) is 0 Å². The van der Waals surface area contributed by atoms with Crippen LogP contribution in [0.5, 0.6) is 0 Å². The van der Waals surface area contributed by atoms with Crippen molar-refractivity contribution in [1.29, 1.82) is 0 Å². The van der Waals surface area contributed by atoms with Crippen molar-refractivity contribution in [3.8, 4) is 0 Å². The number of hydrogen-bond donors (Lipinski definition) is 4. The van der Waals surface area contributed by atoms with Crippen LogP contribution in [0.15, 0.2) is 23.8 Å². The van der Waals surface area contributed by atoms with E-state index in [0.717, 1.165) is 18.4 Å². The van der Waals surface area contributed by atoms with Crippen molar-refractivity contribution in [2.45, 2.75) is 56.8 Å². The average Bonchev–Trinajstić information content (AvgIpc) is 2.19. The highest BCUT2D eigenvalue weighted by molar-refractivity contribution is 5.40. The van der Waals surface area contributed by atoms with E-state index in [9.17, 15) is 0 Å². The van der Waals surface area contributed by atoms with Gasteiger partial charge in [0.05, 0.1) is 11.1 Å². The van der Waals surface area contributed by atoms with E-state index in [2.05, 4.69) is 0 Å². The van der Waals surface area contributed by atoms with Crippen LogP contribution in [-0.4, -0.2) is 23.2 Å². The molecule has 0 aliphatic heterocycles. The number of hydrogen-bond acceptors (Lipinski definition) is 4. The van der Waals surface area contributed by atoms with Crippen molar-refractivity contribution >= 4 is 0 Å². The Hall–Kier alpha value is -0.680. The summed E-state index contributed by atoms with van der Waals surface area (Å²) in [5.41, 5.74) is 24.3. The van der Waals surface area contributed by atoms with Crippen LogP contribution in [0.3, 0.4) is 0 Å². The summed E-state index contributed by atoms with van der Waals surface area (Å²) < 4.78 is 0. The van der Waals surface area contributed by atoms with Gasteiger partial charge < -0.3 is 22.9 Å². The van der Waals surface area contributed by atoms with E-state index in [1.165, 1.54) is 0 Å². The van der Waals surface area contributed by atoms with Gasteiger partial charge in [0.25, 0.3) is 0 Å². The number of nitrogens with two attached hydrogens (primary N) is 4. The van der Waals surface area contributed by atoms with Gasteiger partial charge in [-0.1, -0.05) is 18.2 Å². The molecule has 0 bridgehead atoms. The summed E-state index contributed by atoms with van der Waals surface area (Å²) in [6.45, 7) is 5.88. The topological polar surface area (TPSA) is 104 Å². The molecule has 1 rings (SSSR count). The minimum atomic E-state index is -0.504. The van der Waals surface area contributed by atoms with Crippen molar-refractivity contribution in [2.24, 2.45) is 22.9 Å². The molecular weight excluding hydrogens is 212 g/mol. The minimum absolute atomic E-state index is 0.0798. The smallest absolute Gasteiger partial charge is 0.0542 e. The summed E-state index contributed by atoms with van der Waals surface area (Å²) in [4.78, 5) is 0. The average molecular weight is 238 g/mol. The van der Waals surface area contributed by atoms with E-state index in [1.54, 1.807) is 0 Å². The van der Waals surface area contributed by atoms with Crippen molar-refractivity contribution in [1.82, 2.24) is 0 Å². The lowest BCUT2D eigenvalue weighted by Crippen LogP contribution is -2.49. The summed E-state index contributed by atoms with van der Waals surface area (Å²) in [7, 11) is 0. The van der Waals surface area contributed by atoms with Crippen molar-refractivity contribution in [3.05, 3.63) is 23.8 Å². The maximum absolute atomic E-state index is 6.23. The third-order valence-electron chi connectivity index (χ3n) is 3.21. The van der Waals surface area contributed by atoms with Crippen molar-refractivity contribution in [3.63, 3.8) is 0 Å². The van der Waals surface area contributed by atoms with Gasteiger partial charge in [-0.3, -0.25) is 0 Å². The van der Waals surface area contributed by atoms with Crippen molar-refractivity contribution < 1.29 is 0 Å². The SMILES string of the molecule is CC(N)CCC(N)C1=CC(C)(N)C=CC1(C)N. The molecule has 0 amide bonds. The van der Waals surface area contributed by atoms with Crippen LogP contribution in [0.25, 0.3) is 0 Å². The highest BCUT2D eigenvalue weighted by Gasteiger charge is 2.32. The summed E-state index contributed by atoms with van der Waals surface area (Å²) in [5.74, 6) is 0. The van der Waals surface area contributed by atoms with Gasteiger partial charge in [0.1, 0.15) is 0 Å². The van der Waals surface area contributed by atoms with Crippen molar-refractivity contribution in [2.75, 3.05) is 0 Å². The molecule has 4 atom stereocenters. The van der Waals surface area contributed by atoms with Gasteiger partial charge in [0.2, 0.25) is 0 Å². The fourth-order valence-corrected chi connectivity index (χ4v) is 2.09. The van der Waals surface area contributed by atoms with E-state index < -0.39 is 11.1 Å². The molecule has 0 saturated heterocycles. The van der Waals surface area contributed by atoms with Gasteiger partial charge in [0, 0.05) is 12.1 Å². The first-order valence-electron chi connectivity index (χ1n) is 6.16. The highest BCUT2D eigenvalue weighted by atomic mass is 14.8. The molecule has 0 radical (unpaired) electrons. The van der Waals surface area contributed by atoms with E-state index in [0.29, 0.717) is 0 Å². The standard InChI is InChI=1S/C13H26N4/c1-9(14)4-5-11(15)10-8-12(2,16)6-7-13(10,3)17/h6-9,11H,4-5,14-17H2,1-3H3. The monoisotopic (exact) mass is 238 g/mol. The molecule has 98 valence electrons. The Kier molecular flexibility index (Phi) is 4.15. The third kappa shape index (κ3) is 3.92. The molecule has 0 aromatic rings. The van der Waals surface area contributed by atoms with Gasteiger partial charge in [-0.05, 0) is 39.2 Å². The second-order valence-corrected chi connectivity index (χ2v) is 5.74.